The maximum atomic E-state index is 9.45. The summed E-state index contributed by atoms with van der Waals surface area (Å²) in [5.74, 6) is 1.31. The zero-order valence-electron chi connectivity index (χ0n) is 36.0. The number of fused-ring (bicyclic) bond motifs is 9. The van der Waals surface area contributed by atoms with Crippen LogP contribution in [0.1, 0.15) is 8.22 Å². The van der Waals surface area contributed by atoms with Crippen molar-refractivity contribution in [2.75, 3.05) is 0 Å². The molecule has 12 aromatic rings. The van der Waals surface area contributed by atoms with Crippen LogP contribution in [0.15, 0.2) is 191 Å². The molecule has 6 heteroatoms. The van der Waals surface area contributed by atoms with Gasteiger partial charge in [0.25, 0.3) is 0 Å². The van der Waals surface area contributed by atoms with E-state index in [4.69, 9.17) is 30.6 Å². The predicted molar refractivity (Wildman–Crippen MR) is 230 cm³/mol. The van der Waals surface area contributed by atoms with Gasteiger partial charge in [0.15, 0.2) is 17.5 Å². The van der Waals surface area contributed by atoms with E-state index in [1.165, 1.54) is 6.07 Å². The van der Waals surface area contributed by atoms with Crippen molar-refractivity contribution in [1.29, 1.82) is 0 Å². The molecule has 8 aromatic carbocycles. The van der Waals surface area contributed by atoms with Crippen LogP contribution in [0.3, 0.4) is 0 Å². The fourth-order valence-corrected chi connectivity index (χ4v) is 8.11. The normalized spacial score (nSPS) is 13.3. The Bertz CT molecular complexity index is 3840. The van der Waals surface area contributed by atoms with Gasteiger partial charge in [0.1, 0.15) is 22.3 Å². The van der Waals surface area contributed by atoms with Crippen molar-refractivity contribution in [3.8, 4) is 51.0 Å². The zero-order chi connectivity index (χ0) is 42.7. The Morgan fingerprint density at radius 3 is 1.93 bits per heavy atom. The Morgan fingerprint density at radius 2 is 1.11 bits per heavy atom. The van der Waals surface area contributed by atoms with Crippen molar-refractivity contribution in [3.63, 3.8) is 0 Å². The molecule has 0 aliphatic carbocycles. The summed E-state index contributed by atoms with van der Waals surface area (Å²) in [5.41, 5.74) is 6.89. The van der Waals surface area contributed by atoms with Crippen LogP contribution in [-0.2, 0) is 0 Å². The zero-order valence-corrected chi connectivity index (χ0v) is 30.0. The number of furan rings is 2. The van der Waals surface area contributed by atoms with Gasteiger partial charge in [-0.3, -0.25) is 0 Å². The van der Waals surface area contributed by atoms with Crippen LogP contribution >= 0.6 is 0 Å². The number of rotatable bonds is 5. The summed E-state index contributed by atoms with van der Waals surface area (Å²) in [6.45, 7) is 0. The van der Waals surface area contributed by atoms with Gasteiger partial charge in [0.05, 0.1) is 24.9 Å². The Balaban J connectivity index is 1.19. The van der Waals surface area contributed by atoms with Gasteiger partial charge in [-0.15, -0.1) is 0 Å². The highest BCUT2D eigenvalue weighted by Gasteiger charge is 2.22. The molecule has 6 nitrogen and oxygen atoms in total. The third-order valence-electron chi connectivity index (χ3n) is 10.6. The van der Waals surface area contributed by atoms with Crippen LogP contribution in [0.25, 0.3) is 117 Å². The van der Waals surface area contributed by atoms with E-state index in [9.17, 15) is 1.37 Å². The number of benzene rings is 8. The quantitative estimate of drug-likeness (QED) is 0.176. The van der Waals surface area contributed by atoms with Crippen molar-refractivity contribution >= 4 is 65.7 Å². The van der Waals surface area contributed by atoms with E-state index in [1.807, 2.05) is 127 Å². The van der Waals surface area contributed by atoms with Crippen molar-refractivity contribution in [3.05, 3.63) is 182 Å². The van der Waals surface area contributed by atoms with Crippen molar-refractivity contribution in [1.82, 2.24) is 19.5 Å². The predicted octanol–water partition coefficient (Wildman–Crippen LogP) is 13.4. The largest absolute Gasteiger partial charge is 0.456 e. The molecular weight excluding hydrogens is 701 g/mol. The number of para-hydroxylation sites is 5. The lowest BCUT2D eigenvalue weighted by Crippen LogP contribution is -2.02. The SMILES string of the molecule is [2H]c1cc([2H])c2oc3c(-c4ccc(-c5nc(-c6ccccc6)nc(-c6cccc7oc8ccccc8c67)n5)cc4-n4c5ccccc5c5ccccc54)c([2H])c([2H])c([2H])c3c2c1[2H]. The Hall–Kier alpha value is -7.83. The van der Waals surface area contributed by atoms with Crippen molar-refractivity contribution in [2.24, 2.45) is 0 Å². The maximum Gasteiger partial charge on any atom is 0.164 e. The Labute approximate surface area is 334 Å². The van der Waals surface area contributed by atoms with E-state index >= 15 is 0 Å². The highest BCUT2D eigenvalue weighted by Crippen LogP contribution is 2.43. The Morgan fingerprint density at radius 1 is 0.421 bits per heavy atom. The minimum Gasteiger partial charge on any atom is -0.456 e. The molecule has 0 radical (unpaired) electrons. The lowest BCUT2D eigenvalue weighted by Gasteiger charge is -2.16. The summed E-state index contributed by atoms with van der Waals surface area (Å²) in [6.07, 6.45) is 0. The van der Waals surface area contributed by atoms with Gasteiger partial charge in [-0.25, -0.2) is 15.0 Å². The molecule has 0 saturated carbocycles. The molecule has 4 aromatic heterocycles. The first-order valence-electron chi connectivity index (χ1n) is 21.5. The third kappa shape index (κ3) is 4.87. The number of nitrogens with zero attached hydrogens (tertiary/aromatic N) is 4. The van der Waals surface area contributed by atoms with Crippen LogP contribution in [0.2, 0.25) is 0 Å². The van der Waals surface area contributed by atoms with Crippen LogP contribution in [0.5, 0.6) is 0 Å². The first kappa shape index (κ1) is 26.1. The summed E-state index contributed by atoms with van der Waals surface area (Å²) < 4.78 is 68.3. The molecule has 0 atom stereocenters. The summed E-state index contributed by atoms with van der Waals surface area (Å²) in [5, 5.41) is 4.04. The molecular formula is C51H30N4O2. The second-order valence-corrected chi connectivity index (χ2v) is 13.9. The van der Waals surface area contributed by atoms with Crippen molar-refractivity contribution in [2.45, 2.75) is 0 Å². The van der Waals surface area contributed by atoms with Gasteiger partial charge in [-0.1, -0.05) is 145 Å². The molecule has 0 aliphatic heterocycles. The summed E-state index contributed by atoms with van der Waals surface area (Å²) >= 11 is 0. The van der Waals surface area contributed by atoms with Crippen LogP contribution < -0.4 is 0 Å². The van der Waals surface area contributed by atoms with E-state index in [-0.39, 0.29) is 63.8 Å². The van der Waals surface area contributed by atoms with Gasteiger partial charge in [-0.05, 0) is 36.4 Å². The summed E-state index contributed by atoms with van der Waals surface area (Å²) in [7, 11) is 0. The average molecular weight is 737 g/mol. The molecule has 0 aliphatic rings. The smallest absolute Gasteiger partial charge is 0.164 e. The fourth-order valence-electron chi connectivity index (χ4n) is 8.11. The van der Waals surface area contributed by atoms with E-state index < -0.39 is 0 Å². The number of aromatic nitrogens is 4. The molecule has 0 bridgehead atoms. The van der Waals surface area contributed by atoms with E-state index in [2.05, 4.69) is 16.7 Å². The standard InChI is InChI=1S/C51H30N4O2/c1-2-14-31(15-3-1)49-52-50(54-51(53-49)40-22-13-27-46-47(40)39-19-7-11-26-45(39)56-46)32-28-29-35(37-20-12-21-38-36-18-6-10-25-44(36)57-48(37)38)43(30-32)55-41-23-8-4-16-33(41)34-17-5-9-24-42(34)55/h1-30H/i6D,12D,18D,20D,21D,25D. The van der Waals surface area contributed by atoms with Crippen LogP contribution in [0, 0.1) is 0 Å². The second-order valence-electron chi connectivity index (χ2n) is 13.9. The molecule has 0 N–H and O–H groups in total. The van der Waals surface area contributed by atoms with Gasteiger partial charge in [0, 0.05) is 60.1 Å². The molecule has 12 rings (SSSR count). The highest BCUT2D eigenvalue weighted by atomic mass is 16.3. The van der Waals surface area contributed by atoms with E-state index in [1.54, 1.807) is 0 Å². The highest BCUT2D eigenvalue weighted by molar-refractivity contribution is 6.13. The third-order valence-corrected chi connectivity index (χ3v) is 10.6. The molecule has 57 heavy (non-hydrogen) atoms. The minimum absolute atomic E-state index is 0.0207. The van der Waals surface area contributed by atoms with E-state index in [0.717, 1.165) is 49.3 Å². The lowest BCUT2D eigenvalue weighted by molar-refractivity contribution is 0.669. The van der Waals surface area contributed by atoms with Gasteiger partial charge in [0.2, 0.25) is 0 Å². The monoisotopic (exact) mass is 736 g/mol. The second kappa shape index (κ2) is 12.3. The van der Waals surface area contributed by atoms with Crippen LogP contribution in [0.4, 0.5) is 0 Å². The van der Waals surface area contributed by atoms with Crippen molar-refractivity contribution < 1.29 is 17.1 Å². The topological polar surface area (TPSA) is 69.9 Å². The summed E-state index contributed by atoms with van der Waals surface area (Å²) in [6, 6.07) is 45.1. The molecule has 0 amide bonds. The summed E-state index contributed by atoms with van der Waals surface area (Å²) in [4.78, 5) is 15.4. The molecule has 0 spiro atoms. The van der Waals surface area contributed by atoms with Gasteiger partial charge >= 0.3 is 0 Å². The average Bonchev–Trinajstić information content (AvgIpc) is 4.01. The first-order valence-corrected chi connectivity index (χ1v) is 18.5. The Kier molecular flexibility index (Phi) is 5.64. The van der Waals surface area contributed by atoms with Gasteiger partial charge < -0.3 is 13.4 Å². The molecule has 266 valence electrons. The fraction of sp³-hybridized carbons (Fsp3) is 0. The molecule has 0 saturated heterocycles. The van der Waals surface area contributed by atoms with E-state index in [0.29, 0.717) is 39.9 Å². The molecule has 0 fully saturated rings. The first-order chi connectivity index (χ1) is 30.7. The lowest BCUT2D eigenvalue weighted by atomic mass is 9.98. The number of hydrogen-bond donors (Lipinski definition) is 0. The molecule has 0 unspecified atom stereocenters. The van der Waals surface area contributed by atoms with Crippen LogP contribution in [-0.4, -0.2) is 19.5 Å². The minimum atomic E-state index is -0.366. The number of hydrogen-bond acceptors (Lipinski definition) is 5. The maximum absolute atomic E-state index is 9.45. The van der Waals surface area contributed by atoms with Gasteiger partial charge in [-0.2, -0.15) is 0 Å². The molecule has 4 heterocycles.